The van der Waals surface area contributed by atoms with E-state index in [1.807, 2.05) is 47.8 Å². The number of carbonyl (C=O) groups excluding carboxylic acids is 1. The lowest BCUT2D eigenvalue weighted by atomic mass is 10.1. The zero-order valence-corrected chi connectivity index (χ0v) is 14.7. The molecule has 6 heteroatoms. The van der Waals surface area contributed by atoms with Crippen molar-refractivity contribution in [1.29, 1.82) is 0 Å². The Labute approximate surface area is 150 Å². The molecule has 0 bridgehead atoms. The van der Waals surface area contributed by atoms with Crippen molar-refractivity contribution >= 4 is 17.2 Å². The Bertz CT molecular complexity index is 889. The maximum absolute atomic E-state index is 12.4. The first-order valence-electron chi connectivity index (χ1n) is 8.10. The molecule has 3 rings (SSSR count). The Morgan fingerprint density at radius 1 is 1.16 bits per heavy atom. The van der Waals surface area contributed by atoms with Crippen LogP contribution in [0.1, 0.15) is 17.8 Å². The van der Waals surface area contributed by atoms with Gasteiger partial charge in [0.25, 0.3) is 5.56 Å². The minimum Gasteiger partial charge on any atom is -0.354 e. The lowest BCUT2D eigenvalue weighted by Gasteiger charge is -2.15. The molecule has 0 aliphatic rings. The van der Waals surface area contributed by atoms with Crippen molar-refractivity contribution in [3.63, 3.8) is 0 Å². The van der Waals surface area contributed by atoms with Gasteiger partial charge in [-0.1, -0.05) is 36.4 Å². The predicted molar refractivity (Wildman–Crippen MR) is 99.7 cm³/mol. The van der Waals surface area contributed by atoms with Crippen molar-refractivity contribution in [2.75, 3.05) is 6.54 Å². The Kier molecular flexibility index (Phi) is 5.40. The van der Waals surface area contributed by atoms with Crippen LogP contribution in [-0.4, -0.2) is 22.2 Å². The van der Waals surface area contributed by atoms with Crippen LogP contribution in [0.15, 0.2) is 64.8 Å². The van der Waals surface area contributed by atoms with Crippen LogP contribution in [0.4, 0.5) is 0 Å². The maximum Gasteiger partial charge on any atom is 0.267 e. The van der Waals surface area contributed by atoms with E-state index in [0.717, 1.165) is 12.0 Å². The molecule has 5 nitrogen and oxygen atoms in total. The number of carbonyl (C=O) groups is 1. The van der Waals surface area contributed by atoms with Crippen molar-refractivity contribution in [2.45, 2.75) is 19.4 Å². The first kappa shape index (κ1) is 17.1. The zero-order valence-electron chi connectivity index (χ0n) is 13.9. The summed E-state index contributed by atoms with van der Waals surface area (Å²) < 4.78 is 1.24. The smallest absolute Gasteiger partial charge is 0.267 e. The number of nitrogens with one attached hydrogen (secondary N) is 1. The van der Waals surface area contributed by atoms with Gasteiger partial charge in [-0.3, -0.25) is 9.59 Å². The van der Waals surface area contributed by atoms with Crippen LogP contribution in [0.5, 0.6) is 0 Å². The molecule has 1 unspecified atom stereocenters. The third-order valence-electron chi connectivity index (χ3n) is 3.89. The summed E-state index contributed by atoms with van der Waals surface area (Å²) in [7, 11) is 0. The Balaban J connectivity index is 1.71. The van der Waals surface area contributed by atoms with Crippen molar-refractivity contribution in [2.24, 2.45) is 0 Å². The number of aromatic nitrogens is 2. The second-order valence-corrected chi connectivity index (χ2v) is 6.70. The molecule has 1 aromatic carbocycles. The van der Waals surface area contributed by atoms with E-state index in [0.29, 0.717) is 12.2 Å². The van der Waals surface area contributed by atoms with Gasteiger partial charge in [0.15, 0.2) is 0 Å². The van der Waals surface area contributed by atoms with E-state index in [1.54, 1.807) is 24.3 Å². The van der Waals surface area contributed by atoms with Crippen LogP contribution in [-0.2, 0) is 11.2 Å². The van der Waals surface area contributed by atoms with E-state index in [-0.39, 0.29) is 11.5 Å². The molecule has 25 heavy (non-hydrogen) atoms. The molecular weight excluding hydrogens is 334 g/mol. The lowest BCUT2D eigenvalue weighted by molar-refractivity contribution is -0.124. The largest absolute Gasteiger partial charge is 0.354 e. The van der Waals surface area contributed by atoms with Crippen molar-refractivity contribution in [3.8, 4) is 11.3 Å². The third-order valence-corrected chi connectivity index (χ3v) is 4.83. The highest BCUT2D eigenvalue weighted by Crippen LogP contribution is 2.15. The Hall–Kier alpha value is -2.73. The highest BCUT2D eigenvalue weighted by Gasteiger charge is 2.17. The highest BCUT2D eigenvalue weighted by atomic mass is 32.1. The molecule has 2 aromatic heterocycles. The van der Waals surface area contributed by atoms with E-state index in [4.69, 9.17) is 0 Å². The van der Waals surface area contributed by atoms with Crippen LogP contribution in [0, 0.1) is 0 Å². The van der Waals surface area contributed by atoms with Crippen molar-refractivity contribution < 1.29 is 4.79 Å². The van der Waals surface area contributed by atoms with E-state index < -0.39 is 6.04 Å². The zero-order chi connectivity index (χ0) is 17.6. The SMILES string of the molecule is CC(C(=O)NCCc1cccs1)n1nc(-c2ccccc2)ccc1=O. The quantitative estimate of drug-likeness (QED) is 0.741. The fourth-order valence-corrected chi connectivity index (χ4v) is 3.20. The summed E-state index contributed by atoms with van der Waals surface area (Å²) in [6.07, 6.45) is 0.780. The second kappa shape index (κ2) is 7.90. The summed E-state index contributed by atoms with van der Waals surface area (Å²) in [5.41, 5.74) is 1.28. The fourth-order valence-electron chi connectivity index (χ4n) is 2.49. The Morgan fingerprint density at radius 2 is 1.96 bits per heavy atom. The van der Waals surface area contributed by atoms with Gasteiger partial charge >= 0.3 is 0 Å². The van der Waals surface area contributed by atoms with Gasteiger partial charge in [0.05, 0.1) is 5.69 Å². The molecule has 0 spiro atoms. The van der Waals surface area contributed by atoms with Gasteiger partial charge in [0, 0.05) is 23.1 Å². The van der Waals surface area contributed by atoms with Crippen LogP contribution >= 0.6 is 11.3 Å². The van der Waals surface area contributed by atoms with Gasteiger partial charge in [-0.05, 0) is 30.9 Å². The summed E-state index contributed by atoms with van der Waals surface area (Å²) in [5, 5.41) is 9.25. The summed E-state index contributed by atoms with van der Waals surface area (Å²) in [6.45, 7) is 2.22. The summed E-state index contributed by atoms with van der Waals surface area (Å²) in [5.74, 6) is -0.212. The molecule has 1 amide bonds. The average Bonchev–Trinajstić information content (AvgIpc) is 3.15. The van der Waals surface area contributed by atoms with E-state index in [2.05, 4.69) is 10.4 Å². The van der Waals surface area contributed by atoms with E-state index in [1.165, 1.54) is 15.6 Å². The predicted octanol–water partition coefficient (Wildman–Crippen LogP) is 2.89. The van der Waals surface area contributed by atoms with E-state index >= 15 is 0 Å². The minimum absolute atomic E-state index is 0.212. The van der Waals surface area contributed by atoms with Gasteiger partial charge in [0.1, 0.15) is 6.04 Å². The monoisotopic (exact) mass is 353 g/mol. The Morgan fingerprint density at radius 3 is 2.68 bits per heavy atom. The van der Waals surface area contributed by atoms with Gasteiger partial charge in [-0.25, -0.2) is 4.68 Å². The lowest BCUT2D eigenvalue weighted by Crippen LogP contribution is -2.37. The molecule has 0 saturated heterocycles. The molecule has 0 fully saturated rings. The summed E-state index contributed by atoms with van der Waals surface area (Å²) in [4.78, 5) is 25.7. The molecule has 1 atom stereocenters. The third kappa shape index (κ3) is 4.22. The maximum atomic E-state index is 12.4. The average molecular weight is 353 g/mol. The molecule has 0 saturated carbocycles. The standard InChI is InChI=1S/C19H19N3O2S/c1-14(19(24)20-12-11-16-8-5-13-25-16)22-18(23)10-9-17(21-22)15-6-3-2-4-7-15/h2-10,13-14H,11-12H2,1H3,(H,20,24). The van der Waals surface area contributed by atoms with E-state index in [9.17, 15) is 9.59 Å². The highest BCUT2D eigenvalue weighted by molar-refractivity contribution is 7.09. The van der Waals surface area contributed by atoms with Crippen LogP contribution in [0.2, 0.25) is 0 Å². The number of hydrogen-bond acceptors (Lipinski definition) is 4. The number of nitrogens with zero attached hydrogens (tertiary/aromatic N) is 2. The molecule has 1 N–H and O–H groups in total. The summed E-state index contributed by atoms with van der Waals surface area (Å²) in [6, 6.07) is 16.1. The number of hydrogen-bond donors (Lipinski definition) is 1. The van der Waals surface area contributed by atoms with Crippen molar-refractivity contribution in [1.82, 2.24) is 15.1 Å². The van der Waals surface area contributed by atoms with Crippen LogP contribution in [0.25, 0.3) is 11.3 Å². The van der Waals surface area contributed by atoms with Crippen LogP contribution < -0.4 is 10.9 Å². The molecular formula is C19H19N3O2S. The number of amides is 1. The molecule has 0 aliphatic heterocycles. The van der Waals surface area contributed by atoms with Crippen molar-refractivity contribution in [3.05, 3.63) is 75.2 Å². The molecule has 2 heterocycles. The van der Waals surface area contributed by atoms with Gasteiger partial charge in [-0.15, -0.1) is 11.3 Å². The minimum atomic E-state index is -0.667. The first-order chi connectivity index (χ1) is 12.1. The number of benzene rings is 1. The number of rotatable bonds is 6. The normalized spacial score (nSPS) is 11.9. The molecule has 0 radical (unpaired) electrons. The first-order valence-corrected chi connectivity index (χ1v) is 8.98. The second-order valence-electron chi connectivity index (χ2n) is 5.66. The van der Waals surface area contributed by atoms with Gasteiger partial charge < -0.3 is 5.32 Å². The number of thiophene rings is 1. The van der Waals surface area contributed by atoms with Crippen LogP contribution in [0.3, 0.4) is 0 Å². The van der Waals surface area contributed by atoms with Gasteiger partial charge in [-0.2, -0.15) is 5.10 Å². The fraction of sp³-hybridized carbons (Fsp3) is 0.211. The topological polar surface area (TPSA) is 64.0 Å². The molecule has 0 aliphatic carbocycles. The molecule has 3 aromatic rings. The molecule has 128 valence electrons. The summed E-state index contributed by atoms with van der Waals surface area (Å²) >= 11 is 1.66. The van der Waals surface area contributed by atoms with Gasteiger partial charge in [0.2, 0.25) is 5.91 Å².